The number of hydrogen-bond acceptors (Lipinski definition) is 5. The van der Waals surface area contributed by atoms with Gasteiger partial charge in [0.15, 0.2) is 0 Å². The molecule has 0 radical (unpaired) electrons. The molecule has 0 saturated carbocycles. The molecule has 5 rings (SSSR count). The lowest BCUT2D eigenvalue weighted by Crippen LogP contribution is -2.58. The zero-order chi connectivity index (χ0) is 19.6. The summed E-state index contributed by atoms with van der Waals surface area (Å²) in [5.41, 5.74) is 0.697. The number of fused-ring (bicyclic) bond motifs is 2. The molecule has 2 aromatic carbocycles. The number of non-ortho nitro benzene ring substituents is 1. The van der Waals surface area contributed by atoms with E-state index in [4.69, 9.17) is 0 Å². The van der Waals surface area contributed by atoms with E-state index in [1.165, 1.54) is 23.5 Å². The number of nitrogens with zero attached hydrogens (tertiary/aromatic N) is 3. The Labute approximate surface area is 162 Å². The molecular weight excluding hydrogens is 358 g/mol. The predicted molar refractivity (Wildman–Crippen MR) is 103 cm³/mol. The van der Waals surface area contributed by atoms with Gasteiger partial charge in [0.2, 0.25) is 0 Å². The minimum Gasteiger partial charge on any atom is -0.300 e. The van der Waals surface area contributed by atoms with Gasteiger partial charge in [-0.25, -0.2) is 0 Å². The van der Waals surface area contributed by atoms with Gasteiger partial charge in [0.25, 0.3) is 17.5 Å². The van der Waals surface area contributed by atoms with Gasteiger partial charge in [0.1, 0.15) is 0 Å². The van der Waals surface area contributed by atoms with Crippen LogP contribution in [0.2, 0.25) is 0 Å². The SMILES string of the molecule is CN1[C@@H]2CCC[C@H]1CC(N1C(=O)c3cccc4c([N+](=O)[O-])ccc(c34)C1=O)C2. The number of amides is 2. The standard InChI is InChI=1S/C21H21N3O4/c1-22-12-4-2-5-13(22)11-14(10-12)23-20(25)16-7-3-6-15-18(24(27)28)9-8-17(19(15)16)21(23)26/h3,6-9,12-14H,2,4-5,10-11H2,1H3/t12-,13+,14?. The molecule has 2 saturated heterocycles. The van der Waals surface area contributed by atoms with Crippen LogP contribution in [0, 0.1) is 10.1 Å². The number of carbonyl (C=O) groups excluding carboxylic acids is 2. The second-order valence-electron chi connectivity index (χ2n) is 8.13. The number of piperidine rings is 2. The summed E-state index contributed by atoms with van der Waals surface area (Å²) in [6.07, 6.45) is 4.97. The number of carbonyl (C=O) groups is 2. The van der Waals surface area contributed by atoms with Crippen LogP contribution in [0.15, 0.2) is 30.3 Å². The number of nitro benzene ring substituents is 1. The predicted octanol–water partition coefficient (Wildman–Crippen LogP) is 3.36. The molecule has 2 aromatic rings. The van der Waals surface area contributed by atoms with Crippen molar-refractivity contribution in [3.8, 4) is 0 Å². The molecule has 3 aliphatic rings. The van der Waals surface area contributed by atoms with Crippen LogP contribution in [0.4, 0.5) is 5.69 Å². The van der Waals surface area contributed by atoms with Crippen LogP contribution in [-0.4, -0.2) is 51.7 Å². The summed E-state index contributed by atoms with van der Waals surface area (Å²) < 4.78 is 0. The molecular formula is C21H21N3O4. The lowest BCUT2D eigenvalue weighted by Gasteiger charge is -2.49. The van der Waals surface area contributed by atoms with E-state index in [0.29, 0.717) is 34.0 Å². The second kappa shape index (κ2) is 6.10. The number of rotatable bonds is 2. The first-order chi connectivity index (χ1) is 13.5. The molecule has 0 spiro atoms. The summed E-state index contributed by atoms with van der Waals surface area (Å²) in [5.74, 6) is -0.646. The minimum atomic E-state index is -0.470. The molecule has 3 aliphatic heterocycles. The molecule has 1 unspecified atom stereocenters. The molecule has 7 heteroatoms. The largest absolute Gasteiger partial charge is 0.300 e. The minimum absolute atomic E-state index is 0.0801. The molecule has 3 atom stereocenters. The summed E-state index contributed by atoms with van der Waals surface area (Å²) >= 11 is 0. The van der Waals surface area contributed by atoms with Gasteiger partial charge in [0.05, 0.1) is 10.3 Å². The zero-order valence-electron chi connectivity index (χ0n) is 15.6. The second-order valence-corrected chi connectivity index (χ2v) is 8.13. The summed E-state index contributed by atoms with van der Waals surface area (Å²) in [5, 5.41) is 12.1. The van der Waals surface area contributed by atoms with Crippen molar-refractivity contribution < 1.29 is 14.5 Å². The van der Waals surface area contributed by atoms with Crippen molar-refractivity contribution in [2.24, 2.45) is 0 Å². The molecule has 0 N–H and O–H groups in total. The average molecular weight is 379 g/mol. The zero-order valence-corrected chi connectivity index (χ0v) is 15.6. The van der Waals surface area contributed by atoms with Gasteiger partial charge in [-0.05, 0) is 50.9 Å². The van der Waals surface area contributed by atoms with E-state index in [9.17, 15) is 19.7 Å². The summed E-state index contributed by atoms with van der Waals surface area (Å²) in [7, 11) is 2.14. The first-order valence-electron chi connectivity index (χ1n) is 9.77. The lowest BCUT2D eigenvalue weighted by atomic mass is 9.80. The van der Waals surface area contributed by atoms with Crippen LogP contribution in [0.5, 0.6) is 0 Å². The fraction of sp³-hybridized carbons (Fsp3) is 0.429. The highest BCUT2D eigenvalue weighted by molar-refractivity contribution is 6.26. The van der Waals surface area contributed by atoms with E-state index in [2.05, 4.69) is 11.9 Å². The third kappa shape index (κ3) is 2.32. The number of hydrogen-bond donors (Lipinski definition) is 0. The van der Waals surface area contributed by atoms with Crippen molar-refractivity contribution in [1.29, 1.82) is 0 Å². The van der Waals surface area contributed by atoms with Crippen LogP contribution < -0.4 is 0 Å². The van der Waals surface area contributed by atoms with Crippen LogP contribution in [0.1, 0.15) is 52.8 Å². The Kier molecular flexibility index (Phi) is 3.77. The maximum absolute atomic E-state index is 13.3. The molecule has 144 valence electrons. The third-order valence-corrected chi connectivity index (χ3v) is 6.79. The van der Waals surface area contributed by atoms with Gasteiger partial charge >= 0.3 is 0 Å². The van der Waals surface area contributed by atoms with E-state index < -0.39 is 4.92 Å². The van der Waals surface area contributed by atoms with Crippen LogP contribution in [0.25, 0.3) is 10.8 Å². The Hall–Kier alpha value is -2.80. The summed E-state index contributed by atoms with van der Waals surface area (Å²) in [6, 6.07) is 8.48. The van der Waals surface area contributed by atoms with E-state index >= 15 is 0 Å². The first kappa shape index (κ1) is 17.3. The van der Waals surface area contributed by atoms with Crippen molar-refractivity contribution in [2.45, 2.75) is 50.2 Å². The maximum atomic E-state index is 13.3. The topological polar surface area (TPSA) is 83.8 Å². The van der Waals surface area contributed by atoms with Crippen molar-refractivity contribution in [1.82, 2.24) is 9.80 Å². The van der Waals surface area contributed by atoms with Crippen molar-refractivity contribution in [3.05, 3.63) is 51.6 Å². The monoisotopic (exact) mass is 379 g/mol. The molecule has 0 aliphatic carbocycles. The first-order valence-corrected chi connectivity index (χ1v) is 9.77. The van der Waals surface area contributed by atoms with E-state index in [0.717, 1.165) is 25.7 Å². The van der Waals surface area contributed by atoms with Crippen molar-refractivity contribution in [2.75, 3.05) is 7.05 Å². The van der Waals surface area contributed by atoms with Gasteiger partial charge in [-0.3, -0.25) is 24.6 Å². The van der Waals surface area contributed by atoms with Crippen LogP contribution in [0.3, 0.4) is 0 Å². The Morgan fingerprint density at radius 1 is 0.964 bits per heavy atom. The van der Waals surface area contributed by atoms with E-state index in [1.807, 2.05) is 0 Å². The molecule has 0 aromatic heterocycles. The lowest BCUT2D eigenvalue weighted by molar-refractivity contribution is -0.383. The Morgan fingerprint density at radius 3 is 2.25 bits per heavy atom. The molecule has 2 bridgehead atoms. The quantitative estimate of drug-likeness (QED) is 0.454. The Bertz CT molecular complexity index is 997. The van der Waals surface area contributed by atoms with Crippen molar-refractivity contribution in [3.63, 3.8) is 0 Å². The summed E-state index contributed by atoms with van der Waals surface area (Å²) in [4.78, 5) is 41.4. The number of nitro groups is 1. The number of imide groups is 1. The Balaban J connectivity index is 1.60. The van der Waals surface area contributed by atoms with Crippen LogP contribution in [-0.2, 0) is 0 Å². The maximum Gasteiger partial charge on any atom is 0.277 e. The van der Waals surface area contributed by atoms with Gasteiger partial charge in [0, 0.05) is 40.7 Å². The molecule has 2 amide bonds. The normalized spacial score (nSPS) is 27.3. The molecule has 28 heavy (non-hydrogen) atoms. The van der Waals surface area contributed by atoms with E-state index in [-0.39, 0.29) is 23.5 Å². The third-order valence-electron chi connectivity index (χ3n) is 6.79. The fourth-order valence-corrected chi connectivity index (χ4v) is 5.39. The fourth-order valence-electron chi connectivity index (χ4n) is 5.39. The van der Waals surface area contributed by atoms with Crippen molar-refractivity contribution >= 4 is 28.3 Å². The molecule has 2 fully saturated rings. The highest BCUT2D eigenvalue weighted by Crippen LogP contribution is 2.40. The number of benzene rings is 2. The molecule has 3 heterocycles. The average Bonchev–Trinajstić information content (AvgIpc) is 2.66. The van der Waals surface area contributed by atoms with Gasteiger partial charge in [-0.2, -0.15) is 0 Å². The van der Waals surface area contributed by atoms with Crippen LogP contribution >= 0.6 is 0 Å². The van der Waals surface area contributed by atoms with Gasteiger partial charge < -0.3 is 4.90 Å². The highest BCUT2D eigenvalue weighted by Gasteiger charge is 2.44. The highest BCUT2D eigenvalue weighted by atomic mass is 16.6. The van der Waals surface area contributed by atoms with E-state index in [1.54, 1.807) is 18.2 Å². The summed E-state index contributed by atoms with van der Waals surface area (Å²) in [6.45, 7) is 0. The molecule has 7 nitrogen and oxygen atoms in total. The Morgan fingerprint density at radius 2 is 1.61 bits per heavy atom. The smallest absolute Gasteiger partial charge is 0.277 e. The van der Waals surface area contributed by atoms with Gasteiger partial charge in [-0.15, -0.1) is 0 Å². The van der Waals surface area contributed by atoms with Gasteiger partial charge in [-0.1, -0.05) is 12.5 Å².